The summed E-state index contributed by atoms with van der Waals surface area (Å²) in [7, 11) is 0. The Labute approximate surface area is 91.1 Å². The van der Waals surface area contributed by atoms with Gasteiger partial charge in [0.15, 0.2) is 0 Å². The van der Waals surface area contributed by atoms with Gasteiger partial charge in [-0.3, -0.25) is 0 Å². The standard InChI is InChI=1S/C12H17N3/c1-4-9(2)10(3)15-11-5-6-14-12(7-11)8-13/h5-7,9-10H,4H2,1-3H3,(H,14,15). The van der Waals surface area contributed by atoms with E-state index in [4.69, 9.17) is 5.26 Å². The first kappa shape index (κ1) is 11.5. The first-order valence-electron chi connectivity index (χ1n) is 5.30. The molecule has 0 spiro atoms. The lowest BCUT2D eigenvalue weighted by Crippen LogP contribution is -2.23. The number of pyridine rings is 1. The molecular weight excluding hydrogens is 186 g/mol. The highest BCUT2D eigenvalue weighted by Gasteiger charge is 2.09. The zero-order valence-corrected chi connectivity index (χ0v) is 9.49. The van der Waals surface area contributed by atoms with E-state index >= 15 is 0 Å². The molecule has 0 amide bonds. The first-order valence-corrected chi connectivity index (χ1v) is 5.30. The lowest BCUT2D eigenvalue weighted by atomic mass is 10.0. The highest BCUT2D eigenvalue weighted by molar-refractivity contribution is 5.46. The fourth-order valence-corrected chi connectivity index (χ4v) is 1.34. The summed E-state index contributed by atoms with van der Waals surface area (Å²) >= 11 is 0. The summed E-state index contributed by atoms with van der Waals surface area (Å²) in [4.78, 5) is 3.93. The van der Waals surface area contributed by atoms with Crippen LogP contribution in [0.15, 0.2) is 18.3 Å². The summed E-state index contributed by atoms with van der Waals surface area (Å²) < 4.78 is 0. The molecule has 2 unspecified atom stereocenters. The van der Waals surface area contributed by atoms with Crippen molar-refractivity contribution in [1.29, 1.82) is 5.26 Å². The van der Waals surface area contributed by atoms with Crippen molar-refractivity contribution in [2.75, 3.05) is 5.32 Å². The van der Waals surface area contributed by atoms with Gasteiger partial charge in [0.1, 0.15) is 11.8 Å². The van der Waals surface area contributed by atoms with Gasteiger partial charge in [-0.15, -0.1) is 0 Å². The fraction of sp³-hybridized carbons (Fsp3) is 0.500. The molecule has 0 saturated carbocycles. The largest absolute Gasteiger partial charge is 0.382 e. The molecule has 0 aliphatic heterocycles. The van der Waals surface area contributed by atoms with E-state index in [9.17, 15) is 0 Å². The Morgan fingerprint density at radius 3 is 2.87 bits per heavy atom. The van der Waals surface area contributed by atoms with Gasteiger partial charge in [0.2, 0.25) is 0 Å². The van der Waals surface area contributed by atoms with Gasteiger partial charge in [0.25, 0.3) is 0 Å². The van der Waals surface area contributed by atoms with Crippen molar-refractivity contribution < 1.29 is 0 Å². The Morgan fingerprint density at radius 2 is 2.27 bits per heavy atom. The average molecular weight is 203 g/mol. The van der Waals surface area contributed by atoms with Crippen molar-refractivity contribution in [1.82, 2.24) is 4.98 Å². The monoisotopic (exact) mass is 203 g/mol. The molecule has 80 valence electrons. The van der Waals surface area contributed by atoms with Gasteiger partial charge < -0.3 is 5.32 Å². The molecule has 0 bridgehead atoms. The van der Waals surface area contributed by atoms with Crippen molar-refractivity contribution in [3.8, 4) is 6.07 Å². The maximum Gasteiger partial charge on any atom is 0.142 e. The number of rotatable bonds is 4. The second kappa shape index (κ2) is 5.35. The van der Waals surface area contributed by atoms with Gasteiger partial charge in [-0.1, -0.05) is 20.3 Å². The van der Waals surface area contributed by atoms with E-state index < -0.39 is 0 Å². The molecule has 1 heterocycles. The van der Waals surface area contributed by atoms with Crippen LogP contribution in [0, 0.1) is 17.2 Å². The lowest BCUT2D eigenvalue weighted by Gasteiger charge is -2.20. The molecule has 3 nitrogen and oxygen atoms in total. The number of nitrogens with zero attached hydrogens (tertiary/aromatic N) is 2. The van der Waals surface area contributed by atoms with Crippen molar-refractivity contribution in [2.45, 2.75) is 33.2 Å². The average Bonchev–Trinajstić information content (AvgIpc) is 2.28. The molecule has 0 radical (unpaired) electrons. The molecule has 1 N–H and O–H groups in total. The summed E-state index contributed by atoms with van der Waals surface area (Å²) in [6, 6.07) is 6.10. The SMILES string of the molecule is CCC(C)C(C)Nc1ccnc(C#N)c1. The lowest BCUT2D eigenvalue weighted by molar-refractivity contribution is 0.494. The van der Waals surface area contributed by atoms with Gasteiger partial charge in [0, 0.05) is 17.9 Å². The van der Waals surface area contributed by atoms with Crippen molar-refractivity contribution in [3.05, 3.63) is 24.0 Å². The summed E-state index contributed by atoms with van der Waals surface area (Å²) in [6.45, 7) is 6.54. The molecule has 3 heteroatoms. The minimum Gasteiger partial charge on any atom is -0.382 e. The van der Waals surface area contributed by atoms with Gasteiger partial charge in [-0.2, -0.15) is 5.26 Å². The quantitative estimate of drug-likeness (QED) is 0.818. The summed E-state index contributed by atoms with van der Waals surface area (Å²) in [5, 5.41) is 12.1. The van der Waals surface area contributed by atoms with Crippen LogP contribution < -0.4 is 5.32 Å². The van der Waals surface area contributed by atoms with Crippen LogP contribution in [0.5, 0.6) is 0 Å². The Morgan fingerprint density at radius 1 is 1.53 bits per heavy atom. The van der Waals surface area contributed by atoms with Crippen LogP contribution in [0.2, 0.25) is 0 Å². The number of hydrogen-bond acceptors (Lipinski definition) is 3. The van der Waals surface area contributed by atoms with Gasteiger partial charge in [-0.25, -0.2) is 4.98 Å². The third-order valence-electron chi connectivity index (χ3n) is 2.77. The number of nitriles is 1. The molecule has 0 aliphatic carbocycles. The van der Waals surface area contributed by atoms with Gasteiger partial charge in [0.05, 0.1) is 0 Å². The third-order valence-corrected chi connectivity index (χ3v) is 2.77. The molecular formula is C12H17N3. The normalized spacial score (nSPS) is 14.0. The Hall–Kier alpha value is -1.56. The van der Waals surface area contributed by atoms with Crippen molar-refractivity contribution >= 4 is 5.69 Å². The van der Waals surface area contributed by atoms with Gasteiger partial charge >= 0.3 is 0 Å². The van der Waals surface area contributed by atoms with Crippen LogP contribution >= 0.6 is 0 Å². The molecule has 0 aromatic carbocycles. The number of aromatic nitrogens is 1. The summed E-state index contributed by atoms with van der Waals surface area (Å²) in [5.41, 5.74) is 1.42. The van der Waals surface area contributed by atoms with E-state index in [1.165, 1.54) is 0 Å². The zero-order valence-electron chi connectivity index (χ0n) is 9.49. The van der Waals surface area contributed by atoms with E-state index in [0.717, 1.165) is 12.1 Å². The first-order chi connectivity index (χ1) is 7.17. The Kier molecular flexibility index (Phi) is 4.11. The predicted octanol–water partition coefficient (Wildman–Crippen LogP) is 2.80. The maximum absolute atomic E-state index is 8.71. The van der Waals surface area contributed by atoms with E-state index in [1.54, 1.807) is 12.3 Å². The molecule has 1 rings (SSSR count). The Bertz CT molecular complexity index is 354. The van der Waals surface area contributed by atoms with E-state index in [-0.39, 0.29) is 0 Å². The second-order valence-electron chi connectivity index (χ2n) is 3.86. The molecule has 15 heavy (non-hydrogen) atoms. The van der Waals surface area contributed by atoms with Crippen LogP contribution in [0.1, 0.15) is 32.9 Å². The summed E-state index contributed by atoms with van der Waals surface area (Å²) in [5.74, 6) is 0.615. The minimum atomic E-state index is 0.406. The van der Waals surface area contributed by atoms with E-state index in [0.29, 0.717) is 17.7 Å². The number of hydrogen-bond donors (Lipinski definition) is 1. The molecule has 1 aromatic rings. The maximum atomic E-state index is 8.71. The topological polar surface area (TPSA) is 48.7 Å². The highest BCUT2D eigenvalue weighted by atomic mass is 14.9. The van der Waals surface area contributed by atoms with Crippen LogP contribution in [-0.4, -0.2) is 11.0 Å². The third kappa shape index (κ3) is 3.25. The minimum absolute atomic E-state index is 0.406. The van der Waals surface area contributed by atoms with E-state index in [1.807, 2.05) is 12.1 Å². The smallest absolute Gasteiger partial charge is 0.142 e. The highest BCUT2D eigenvalue weighted by Crippen LogP contribution is 2.14. The molecule has 2 atom stereocenters. The molecule has 0 fully saturated rings. The number of anilines is 1. The zero-order chi connectivity index (χ0) is 11.3. The van der Waals surface area contributed by atoms with Crippen molar-refractivity contribution in [2.24, 2.45) is 5.92 Å². The Balaban J connectivity index is 2.68. The van der Waals surface area contributed by atoms with Crippen LogP contribution in [0.3, 0.4) is 0 Å². The number of nitrogens with one attached hydrogen (secondary N) is 1. The van der Waals surface area contributed by atoms with E-state index in [2.05, 4.69) is 31.1 Å². The van der Waals surface area contributed by atoms with Gasteiger partial charge in [-0.05, 0) is 25.0 Å². The predicted molar refractivity (Wildman–Crippen MR) is 61.5 cm³/mol. The molecule has 1 aromatic heterocycles. The fourth-order valence-electron chi connectivity index (χ4n) is 1.34. The van der Waals surface area contributed by atoms with Crippen LogP contribution in [0.25, 0.3) is 0 Å². The second-order valence-corrected chi connectivity index (χ2v) is 3.86. The molecule has 0 aliphatic rings. The summed E-state index contributed by atoms with van der Waals surface area (Å²) in [6.07, 6.45) is 2.80. The molecule has 0 saturated heterocycles. The van der Waals surface area contributed by atoms with Crippen LogP contribution in [-0.2, 0) is 0 Å². The van der Waals surface area contributed by atoms with Crippen LogP contribution in [0.4, 0.5) is 5.69 Å². The van der Waals surface area contributed by atoms with Crippen molar-refractivity contribution in [3.63, 3.8) is 0 Å².